The zero-order valence-electron chi connectivity index (χ0n) is 22.0. The molecule has 1 aromatic carbocycles. The third-order valence-electron chi connectivity index (χ3n) is 6.01. The molecule has 0 saturated carbocycles. The van der Waals surface area contributed by atoms with E-state index in [1.54, 1.807) is 43.3 Å². The minimum absolute atomic E-state index is 0.0296. The maximum Gasteiger partial charge on any atom is 0.345 e. The molecule has 0 radical (unpaired) electrons. The van der Waals surface area contributed by atoms with Crippen LogP contribution in [0, 0.1) is 6.92 Å². The smallest absolute Gasteiger partial charge is 0.345 e. The number of thiophene rings is 1. The Hall–Kier alpha value is -3.40. The van der Waals surface area contributed by atoms with Crippen molar-refractivity contribution in [1.82, 2.24) is 16.0 Å². The quantitative estimate of drug-likeness (QED) is 0.198. The molecule has 224 valence electrons. The number of nitrogens with one attached hydrogen (secondary N) is 3. The number of ketones is 1. The van der Waals surface area contributed by atoms with Crippen molar-refractivity contribution in [2.75, 3.05) is 19.8 Å². The average Bonchev–Trinajstić information content (AvgIpc) is 3.53. The van der Waals surface area contributed by atoms with Gasteiger partial charge in [0, 0.05) is 4.88 Å². The third kappa shape index (κ3) is 9.88. The standard InChI is InChI=1S/C26H29F4N3O7S/c1-14-8-9-19(41-14)23(37)33-18(12-39-25(29)30)22(36)32-17(11-38-24(27)28)21(35)31-16(20(34)26(2)13-40-26)10-15-6-4-3-5-7-15/h3-9,16-18,24-25H,10-13H2,1-2H3,(H,31,35)(H,32,36)(H,33,37)/t16-,17-,18-,26+/m0/s1. The molecule has 0 aliphatic carbocycles. The van der Waals surface area contributed by atoms with Gasteiger partial charge in [-0.15, -0.1) is 11.3 Å². The van der Waals surface area contributed by atoms with Gasteiger partial charge in [0.15, 0.2) is 5.78 Å². The van der Waals surface area contributed by atoms with E-state index in [1.807, 2.05) is 0 Å². The van der Waals surface area contributed by atoms with Crippen LogP contribution in [0.25, 0.3) is 0 Å². The first-order valence-electron chi connectivity index (χ1n) is 12.4. The van der Waals surface area contributed by atoms with Gasteiger partial charge in [0.2, 0.25) is 11.8 Å². The lowest BCUT2D eigenvalue weighted by molar-refractivity contribution is -0.152. The summed E-state index contributed by atoms with van der Waals surface area (Å²) in [6, 6.07) is 7.02. The molecule has 1 aromatic heterocycles. The van der Waals surface area contributed by atoms with Crippen molar-refractivity contribution in [1.29, 1.82) is 0 Å². The summed E-state index contributed by atoms with van der Waals surface area (Å²) in [5.74, 6) is -3.51. The van der Waals surface area contributed by atoms with E-state index in [-0.39, 0.29) is 17.9 Å². The molecule has 41 heavy (non-hydrogen) atoms. The van der Waals surface area contributed by atoms with Crippen LogP contribution in [0.1, 0.15) is 27.0 Å². The maximum atomic E-state index is 13.2. The van der Waals surface area contributed by atoms with Crippen LogP contribution >= 0.6 is 11.3 Å². The molecule has 3 N–H and O–H groups in total. The van der Waals surface area contributed by atoms with Crippen molar-refractivity contribution >= 4 is 34.8 Å². The maximum absolute atomic E-state index is 13.2. The van der Waals surface area contributed by atoms with E-state index in [2.05, 4.69) is 25.4 Å². The summed E-state index contributed by atoms with van der Waals surface area (Å²) in [4.78, 5) is 52.8. The van der Waals surface area contributed by atoms with E-state index in [9.17, 15) is 36.7 Å². The Morgan fingerprint density at radius 2 is 1.41 bits per heavy atom. The van der Waals surface area contributed by atoms with Gasteiger partial charge in [-0.05, 0) is 38.0 Å². The molecule has 10 nitrogen and oxygen atoms in total. The predicted molar refractivity (Wildman–Crippen MR) is 138 cm³/mol. The van der Waals surface area contributed by atoms with Gasteiger partial charge in [-0.25, -0.2) is 0 Å². The second kappa shape index (κ2) is 14.5. The highest BCUT2D eigenvalue weighted by atomic mass is 32.1. The zero-order valence-corrected chi connectivity index (χ0v) is 22.9. The van der Waals surface area contributed by atoms with Crippen LogP contribution in [-0.4, -0.2) is 80.3 Å². The van der Waals surface area contributed by atoms with Gasteiger partial charge in [0.25, 0.3) is 5.91 Å². The molecule has 4 atom stereocenters. The molecule has 1 saturated heterocycles. The van der Waals surface area contributed by atoms with E-state index in [0.717, 1.165) is 16.2 Å². The minimum atomic E-state index is -3.32. The van der Waals surface area contributed by atoms with Gasteiger partial charge >= 0.3 is 13.2 Å². The molecule has 1 aliphatic rings. The number of aryl methyl sites for hydroxylation is 1. The highest BCUT2D eigenvalue weighted by Gasteiger charge is 2.50. The van der Waals surface area contributed by atoms with E-state index < -0.39 is 73.7 Å². The number of carbonyl (C=O) groups is 4. The van der Waals surface area contributed by atoms with E-state index in [4.69, 9.17) is 4.74 Å². The topological polar surface area (TPSA) is 135 Å². The number of hydrogen-bond donors (Lipinski definition) is 3. The Bertz CT molecular complexity index is 1210. The summed E-state index contributed by atoms with van der Waals surface area (Å²) >= 11 is 1.08. The van der Waals surface area contributed by atoms with Crippen LogP contribution in [0.3, 0.4) is 0 Å². The highest BCUT2D eigenvalue weighted by Crippen LogP contribution is 2.29. The number of hydrogen-bond acceptors (Lipinski definition) is 8. The van der Waals surface area contributed by atoms with Crippen LogP contribution in [0.4, 0.5) is 17.6 Å². The van der Waals surface area contributed by atoms with Crippen LogP contribution in [0.15, 0.2) is 42.5 Å². The van der Waals surface area contributed by atoms with Crippen molar-refractivity contribution < 1.29 is 51.0 Å². The first kappa shape index (κ1) is 32.1. The second-order valence-corrected chi connectivity index (χ2v) is 10.6. The van der Waals surface area contributed by atoms with Crippen LogP contribution in [0.5, 0.6) is 0 Å². The van der Waals surface area contributed by atoms with Crippen molar-refractivity contribution in [2.45, 2.75) is 57.2 Å². The molecule has 3 amide bonds. The first-order chi connectivity index (χ1) is 19.4. The number of Topliss-reactive ketones (excluding diaryl/α,β-unsaturated/α-hetero) is 1. The third-order valence-corrected chi connectivity index (χ3v) is 7.01. The fourth-order valence-electron chi connectivity index (χ4n) is 3.71. The summed E-state index contributed by atoms with van der Waals surface area (Å²) < 4.78 is 64.9. The lowest BCUT2D eigenvalue weighted by Gasteiger charge is -2.25. The zero-order chi connectivity index (χ0) is 30.2. The SMILES string of the molecule is Cc1ccc(C(=O)N[C@@H](COC(F)F)C(=O)N[C@@H](COC(F)F)C(=O)N[C@@H](Cc2ccccc2)C(=O)[C@@]2(C)CO2)s1. The molecule has 0 spiro atoms. The van der Waals surface area contributed by atoms with Gasteiger partial charge in [-0.3, -0.25) is 19.2 Å². The molecule has 3 rings (SSSR count). The first-order valence-corrected chi connectivity index (χ1v) is 13.2. The van der Waals surface area contributed by atoms with E-state index >= 15 is 0 Å². The monoisotopic (exact) mass is 603 g/mol. The van der Waals surface area contributed by atoms with Crippen LogP contribution in [0.2, 0.25) is 0 Å². The fourth-order valence-corrected chi connectivity index (χ4v) is 4.48. The Labute approximate surface area is 236 Å². The fraction of sp³-hybridized carbons (Fsp3) is 0.462. The Kier molecular flexibility index (Phi) is 11.3. The summed E-state index contributed by atoms with van der Waals surface area (Å²) in [7, 11) is 0. The molecular formula is C26H29F4N3O7S. The van der Waals surface area contributed by atoms with Crippen molar-refractivity contribution in [3.8, 4) is 0 Å². The molecule has 0 unspecified atom stereocenters. The van der Waals surface area contributed by atoms with Gasteiger partial charge < -0.3 is 30.2 Å². The van der Waals surface area contributed by atoms with Gasteiger partial charge in [-0.2, -0.15) is 17.6 Å². The Morgan fingerprint density at radius 1 is 0.878 bits per heavy atom. The predicted octanol–water partition coefficient (Wildman–Crippen LogP) is 2.20. The lowest BCUT2D eigenvalue weighted by atomic mass is 9.94. The number of halogens is 4. The van der Waals surface area contributed by atoms with E-state index in [0.29, 0.717) is 5.56 Å². The van der Waals surface area contributed by atoms with Crippen molar-refractivity contribution in [2.24, 2.45) is 0 Å². The highest BCUT2D eigenvalue weighted by molar-refractivity contribution is 7.13. The van der Waals surface area contributed by atoms with Crippen molar-refractivity contribution in [3.05, 3.63) is 57.8 Å². The summed E-state index contributed by atoms with van der Waals surface area (Å²) in [6.07, 6.45) is 0.0296. The molecule has 1 fully saturated rings. The van der Waals surface area contributed by atoms with Crippen LogP contribution < -0.4 is 16.0 Å². The number of benzene rings is 1. The summed E-state index contributed by atoms with van der Waals surface area (Å²) in [6.45, 7) is -5.25. The normalized spacial score (nSPS) is 18.4. The summed E-state index contributed by atoms with van der Waals surface area (Å²) in [5, 5.41) is 6.83. The van der Waals surface area contributed by atoms with Gasteiger partial charge in [0.1, 0.15) is 17.7 Å². The number of carbonyl (C=O) groups excluding carboxylic acids is 4. The average molecular weight is 604 g/mol. The van der Waals surface area contributed by atoms with E-state index in [1.165, 1.54) is 13.0 Å². The van der Waals surface area contributed by atoms with Crippen LogP contribution in [-0.2, 0) is 35.0 Å². The molecule has 0 bridgehead atoms. The molecule has 15 heteroatoms. The number of ether oxygens (including phenoxy) is 3. The molecule has 2 aromatic rings. The Balaban J connectivity index is 1.77. The molecule has 2 heterocycles. The molecule has 1 aliphatic heterocycles. The number of epoxide rings is 1. The largest absolute Gasteiger partial charge is 0.361 e. The second-order valence-electron chi connectivity index (χ2n) is 9.32. The van der Waals surface area contributed by atoms with Crippen molar-refractivity contribution in [3.63, 3.8) is 0 Å². The Morgan fingerprint density at radius 3 is 1.90 bits per heavy atom. The lowest BCUT2D eigenvalue weighted by Crippen LogP contribution is -2.59. The number of amides is 3. The van der Waals surface area contributed by atoms with Gasteiger partial charge in [0.05, 0.1) is 30.7 Å². The number of alkyl halides is 4. The van der Waals surface area contributed by atoms with Gasteiger partial charge in [-0.1, -0.05) is 30.3 Å². The summed E-state index contributed by atoms with van der Waals surface area (Å²) in [5.41, 5.74) is -0.469. The molecular weight excluding hydrogens is 574 g/mol. The minimum Gasteiger partial charge on any atom is -0.361 e. The number of rotatable bonds is 16.